The van der Waals surface area contributed by atoms with E-state index in [-0.39, 0.29) is 12.5 Å². The van der Waals surface area contributed by atoms with Crippen LogP contribution in [-0.4, -0.2) is 39.2 Å². The predicted molar refractivity (Wildman–Crippen MR) is 128 cm³/mol. The second-order valence-electron chi connectivity index (χ2n) is 9.26. The molecule has 6 nitrogen and oxygen atoms in total. The van der Waals surface area contributed by atoms with Gasteiger partial charge in [0.1, 0.15) is 5.82 Å². The van der Waals surface area contributed by atoms with E-state index in [1.165, 1.54) is 0 Å². The molecule has 0 spiro atoms. The van der Waals surface area contributed by atoms with Crippen LogP contribution in [0.1, 0.15) is 48.2 Å². The lowest BCUT2D eigenvalue weighted by Gasteiger charge is -2.26. The van der Waals surface area contributed by atoms with E-state index in [9.17, 15) is 9.90 Å². The number of amides is 1. The molecule has 1 aromatic carbocycles. The minimum absolute atomic E-state index is 0.0286. The van der Waals surface area contributed by atoms with Crippen molar-refractivity contribution in [1.29, 1.82) is 0 Å². The summed E-state index contributed by atoms with van der Waals surface area (Å²) in [5.74, 6) is 0.650. The first kappa shape index (κ1) is 22.0. The quantitative estimate of drug-likeness (QED) is 0.514. The number of aryl methyl sites for hydroxylation is 2. The Morgan fingerprint density at radius 1 is 1.06 bits per heavy atom. The van der Waals surface area contributed by atoms with Crippen LogP contribution >= 0.6 is 0 Å². The summed E-state index contributed by atoms with van der Waals surface area (Å²) in [6.07, 6.45) is 7.53. The van der Waals surface area contributed by atoms with E-state index in [4.69, 9.17) is 4.98 Å². The van der Waals surface area contributed by atoms with Gasteiger partial charge in [-0.3, -0.25) is 9.78 Å². The van der Waals surface area contributed by atoms with Crippen molar-refractivity contribution >= 4 is 11.7 Å². The lowest BCUT2D eigenvalue weighted by molar-refractivity contribution is 0.0951. The maximum atomic E-state index is 12.6. The van der Waals surface area contributed by atoms with Crippen molar-refractivity contribution in [2.45, 2.75) is 52.1 Å². The van der Waals surface area contributed by atoms with Gasteiger partial charge in [-0.05, 0) is 81.5 Å². The maximum Gasteiger partial charge on any atom is 0.251 e. The monoisotopic (exact) mass is 430 g/mol. The Kier molecular flexibility index (Phi) is 5.98. The van der Waals surface area contributed by atoms with Crippen LogP contribution in [0.2, 0.25) is 0 Å². The van der Waals surface area contributed by atoms with Gasteiger partial charge in [-0.2, -0.15) is 0 Å². The molecule has 0 bridgehead atoms. The number of benzene rings is 1. The molecule has 32 heavy (non-hydrogen) atoms. The fourth-order valence-electron chi connectivity index (χ4n) is 3.59. The van der Waals surface area contributed by atoms with E-state index in [1.807, 2.05) is 64.4 Å². The highest BCUT2D eigenvalue weighted by Gasteiger charge is 2.24. The zero-order chi connectivity index (χ0) is 22.9. The third-order valence-electron chi connectivity index (χ3n) is 5.79. The summed E-state index contributed by atoms with van der Waals surface area (Å²) in [4.78, 5) is 21.6. The van der Waals surface area contributed by atoms with E-state index in [0.29, 0.717) is 17.4 Å². The number of pyridine rings is 2. The van der Waals surface area contributed by atoms with Gasteiger partial charge < -0.3 is 15.7 Å². The highest BCUT2D eigenvalue weighted by molar-refractivity contribution is 5.96. The van der Waals surface area contributed by atoms with Crippen LogP contribution in [0.4, 0.5) is 5.82 Å². The minimum Gasteiger partial charge on any atom is -0.394 e. The van der Waals surface area contributed by atoms with Gasteiger partial charge in [0.05, 0.1) is 12.1 Å². The second kappa shape index (κ2) is 8.71. The van der Waals surface area contributed by atoms with Crippen LogP contribution in [0.5, 0.6) is 0 Å². The molecule has 166 valence electrons. The highest BCUT2D eigenvalue weighted by Crippen LogP contribution is 2.35. The van der Waals surface area contributed by atoms with E-state index in [1.54, 1.807) is 6.20 Å². The Balaban J connectivity index is 1.79. The second-order valence-corrected chi connectivity index (χ2v) is 9.26. The molecule has 1 aliphatic rings. The molecule has 0 aliphatic heterocycles. The lowest BCUT2D eigenvalue weighted by atomic mass is 9.95. The molecule has 2 aromatic heterocycles. The molecule has 0 atom stereocenters. The first-order valence-corrected chi connectivity index (χ1v) is 11.0. The Morgan fingerprint density at radius 2 is 1.81 bits per heavy atom. The Morgan fingerprint density at radius 3 is 2.50 bits per heavy atom. The molecule has 0 saturated heterocycles. The van der Waals surface area contributed by atoms with Crippen LogP contribution in [0.15, 0.2) is 48.9 Å². The van der Waals surface area contributed by atoms with E-state index in [2.05, 4.69) is 21.7 Å². The standard InChI is InChI=1S/C26H30N4O2/c1-16-5-6-18(25(32)29-20-7-8-20)11-21(16)19-12-22(23-14-27-10-9-17(23)2)24(28-13-19)30-26(3,4)15-31/h5-6,9-14,20,31H,7-8,15H2,1-4H3,(H,28,30)(H,29,32). The number of hydrogen-bond donors (Lipinski definition) is 3. The number of carbonyl (C=O) groups excluding carboxylic acids is 1. The summed E-state index contributed by atoms with van der Waals surface area (Å²) in [5.41, 5.74) is 6.04. The first-order chi connectivity index (χ1) is 15.3. The smallest absolute Gasteiger partial charge is 0.251 e. The number of rotatable bonds is 7. The van der Waals surface area contributed by atoms with Gasteiger partial charge in [0.15, 0.2) is 0 Å². The molecule has 1 amide bonds. The molecule has 3 aromatic rings. The molecule has 6 heteroatoms. The molecule has 0 radical (unpaired) electrons. The largest absolute Gasteiger partial charge is 0.394 e. The van der Waals surface area contributed by atoms with E-state index in [0.717, 1.165) is 46.2 Å². The summed E-state index contributed by atoms with van der Waals surface area (Å²) >= 11 is 0. The van der Waals surface area contributed by atoms with Gasteiger partial charge in [-0.1, -0.05) is 6.07 Å². The van der Waals surface area contributed by atoms with Gasteiger partial charge in [0.2, 0.25) is 0 Å². The van der Waals surface area contributed by atoms with Crippen molar-refractivity contribution in [3.8, 4) is 22.3 Å². The molecule has 0 unspecified atom stereocenters. The fraction of sp³-hybridized carbons (Fsp3) is 0.346. The summed E-state index contributed by atoms with van der Waals surface area (Å²) in [6.45, 7) is 7.90. The number of nitrogens with zero attached hydrogens (tertiary/aromatic N) is 2. The van der Waals surface area contributed by atoms with Crippen LogP contribution in [0.3, 0.4) is 0 Å². The third kappa shape index (κ3) is 4.81. The zero-order valence-corrected chi connectivity index (χ0v) is 19.1. The van der Waals surface area contributed by atoms with Gasteiger partial charge in [-0.25, -0.2) is 4.98 Å². The summed E-state index contributed by atoms with van der Waals surface area (Å²) in [7, 11) is 0. The van der Waals surface area contributed by atoms with Gasteiger partial charge in [0.25, 0.3) is 5.91 Å². The Bertz CT molecular complexity index is 1150. The van der Waals surface area contributed by atoms with Gasteiger partial charge in [0, 0.05) is 46.9 Å². The maximum absolute atomic E-state index is 12.6. The molecular weight excluding hydrogens is 400 g/mol. The molecule has 2 heterocycles. The molecule has 1 fully saturated rings. The summed E-state index contributed by atoms with van der Waals surface area (Å²) in [6, 6.07) is 10.2. The molecule has 1 saturated carbocycles. The van der Waals surface area contributed by atoms with Crippen LogP contribution in [0.25, 0.3) is 22.3 Å². The van der Waals surface area contributed by atoms with Crippen LogP contribution in [0, 0.1) is 13.8 Å². The number of anilines is 1. The third-order valence-corrected chi connectivity index (χ3v) is 5.79. The topological polar surface area (TPSA) is 87.1 Å². The van der Waals surface area contributed by atoms with Crippen LogP contribution < -0.4 is 10.6 Å². The fourth-order valence-corrected chi connectivity index (χ4v) is 3.59. The van der Waals surface area contributed by atoms with E-state index < -0.39 is 5.54 Å². The van der Waals surface area contributed by atoms with Crippen molar-refractivity contribution in [1.82, 2.24) is 15.3 Å². The Hall–Kier alpha value is -3.25. The number of aliphatic hydroxyl groups is 1. The number of hydrogen-bond acceptors (Lipinski definition) is 5. The van der Waals surface area contributed by atoms with Crippen LogP contribution in [-0.2, 0) is 0 Å². The lowest BCUT2D eigenvalue weighted by Crippen LogP contribution is -2.35. The average Bonchev–Trinajstić information content (AvgIpc) is 3.59. The zero-order valence-electron chi connectivity index (χ0n) is 19.1. The molecular formula is C26H30N4O2. The van der Waals surface area contributed by atoms with Crippen molar-refractivity contribution in [3.05, 3.63) is 65.6 Å². The van der Waals surface area contributed by atoms with Crippen molar-refractivity contribution in [3.63, 3.8) is 0 Å². The Labute approximate surface area is 189 Å². The van der Waals surface area contributed by atoms with Crippen molar-refractivity contribution in [2.24, 2.45) is 0 Å². The first-order valence-electron chi connectivity index (χ1n) is 11.0. The van der Waals surface area contributed by atoms with Crippen molar-refractivity contribution < 1.29 is 9.90 Å². The molecule has 1 aliphatic carbocycles. The number of nitrogens with one attached hydrogen (secondary N) is 2. The van der Waals surface area contributed by atoms with Gasteiger partial charge >= 0.3 is 0 Å². The number of aromatic nitrogens is 2. The van der Waals surface area contributed by atoms with Crippen molar-refractivity contribution in [2.75, 3.05) is 11.9 Å². The van der Waals surface area contributed by atoms with Gasteiger partial charge in [-0.15, -0.1) is 0 Å². The highest BCUT2D eigenvalue weighted by atomic mass is 16.3. The van der Waals surface area contributed by atoms with E-state index >= 15 is 0 Å². The minimum atomic E-state index is -0.532. The number of carbonyl (C=O) groups is 1. The normalized spacial score (nSPS) is 13.7. The molecule has 4 rings (SSSR count). The summed E-state index contributed by atoms with van der Waals surface area (Å²) < 4.78 is 0. The predicted octanol–water partition coefficient (Wildman–Crippen LogP) is 4.50. The molecule has 3 N–H and O–H groups in total. The summed E-state index contributed by atoms with van der Waals surface area (Å²) in [5, 5.41) is 16.2. The number of aliphatic hydroxyl groups excluding tert-OH is 1. The SMILES string of the molecule is Cc1ccc(C(=O)NC2CC2)cc1-c1cnc(NC(C)(C)CO)c(-c2cnccc2C)c1. The average molecular weight is 431 g/mol.